The van der Waals surface area contributed by atoms with Crippen LogP contribution in [0.25, 0.3) is 10.8 Å². The fourth-order valence-electron chi connectivity index (χ4n) is 2.83. The molecule has 0 aliphatic rings. The number of amides is 2. The number of hydrazone groups is 1. The number of benzene rings is 3. The maximum Gasteiger partial charge on any atom is 0.249 e. The van der Waals surface area contributed by atoms with E-state index in [0.717, 1.165) is 22.1 Å². The molecule has 0 aromatic heterocycles. The summed E-state index contributed by atoms with van der Waals surface area (Å²) in [4.78, 5) is 24.0. The second-order valence-corrected chi connectivity index (χ2v) is 7.09. The molecule has 0 bridgehead atoms. The van der Waals surface area contributed by atoms with Crippen LogP contribution in [0.5, 0.6) is 5.75 Å². The topological polar surface area (TPSA) is 79.8 Å². The Morgan fingerprint density at radius 3 is 2.50 bits per heavy atom. The number of hydrogen-bond donors (Lipinski definition) is 2. The van der Waals surface area contributed by atoms with Crippen LogP contribution in [-0.2, 0) is 9.59 Å². The molecule has 0 atom stereocenters. The highest BCUT2D eigenvalue weighted by molar-refractivity contribution is 6.42. The highest BCUT2D eigenvalue weighted by Crippen LogP contribution is 2.28. The van der Waals surface area contributed by atoms with Gasteiger partial charge >= 0.3 is 0 Å². The molecule has 0 spiro atoms. The van der Waals surface area contributed by atoms with Gasteiger partial charge in [0.15, 0.2) is 0 Å². The van der Waals surface area contributed by atoms with E-state index in [0.29, 0.717) is 22.3 Å². The van der Waals surface area contributed by atoms with Crippen LogP contribution < -0.4 is 15.5 Å². The molecular formula is C22H19Cl2N3O3. The average molecular weight is 444 g/mol. The maximum absolute atomic E-state index is 12.0. The Morgan fingerprint density at radius 2 is 1.77 bits per heavy atom. The molecule has 0 unspecified atom stereocenters. The molecule has 3 rings (SSSR count). The highest BCUT2D eigenvalue weighted by atomic mass is 35.5. The van der Waals surface area contributed by atoms with Gasteiger partial charge in [0.1, 0.15) is 12.2 Å². The summed E-state index contributed by atoms with van der Waals surface area (Å²) in [5, 5.41) is 9.14. The largest absolute Gasteiger partial charge is 0.493 e. The Labute approximate surface area is 183 Å². The molecule has 154 valence electrons. The zero-order chi connectivity index (χ0) is 21.5. The van der Waals surface area contributed by atoms with E-state index in [-0.39, 0.29) is 6.42 Å². The zero-order valence-electron chi connectivity index (χ0n) is 16.1. The predicted molar refractivity (Wildman–Crippen MR) is 121 cm³/mol. The molecular weight excluding hydrogens is 425 g/mol. The minimum atomic E-state index is -0.543. The molecule has 0 saturated carbocycles. The maximum atomic E-state index is 12.0. The summed E-state index contributed by atoms with van der Waals surface area (Å²) in [6.45, 7) is 2.50. The lowest BCUT2D eigenvalue weighted by Crippen LogP contribution is -2.24. The molecule has 2 N–H and O–H groups in total. The number of carbonyl (C=O) groups is 2. The quantitative estimate of drug-likeness (QED) is 0.305. The van der Waals surface area contributed by atoms with Gasteiger partial charge in [-0.25, -0.2) is 5.43 Å². The van der Waals surface area contributed by atoms with Crippen molar-refractivity contribution < 1.29 is 14.3 Å². The Kier molecular flexibility index (Phi) is 7.27. The van der Waals surface area contributed by atoms with Crippen LogP contribution in [0.4, 0.5) is 5.69 Å². The third-order valence-corrected chi connectivity index (χ3v) is 4.87. The van der Waals surface area contributed by atoms with E-state index in [1.165, 1.54) is 12.3 Å². The van der Waals surface area contributed by atoms with E-state index < -0.39 is 11.8 Å². The van der Waals surface area contributed by atoms with Crippen LogP contribution in [0, 0.1) is 0 Å². The third kappa shape index (κ3) is 5.49. The molecule has 0 aliphatic carbocycles. The van der Waals surface area contributed by atoms with Crippen molar-refractivity contribution >= 4 is 57.7 Å². The molecule has 6 nitrogen and oxygen atoms in total. The number of hydrogen-bond acceptors (Lipinski definition) is 4. The van der Waals surface area contributed by atoms with Gasteiger partial charge in [-0.2, -0.15) is 5.10 Å². The Hall–Kier alpha value is -3.09. The number of fused-ring (bicyclic) bond motifs is 1. The first-order valence-corrected chi connectivity index (χ1v) is 9.95. The van der Waals surface area contributed by atoms with E-state index in [4.69, 9.17) is 27.9 Å². The lowest BCUT2D eigenvalue weighted by molar-refractivity contribution is -0.126. The molecule has 0 radical (unpaired) electrons. The number of ether oxygens (including phenoxy) is 1. The number of carbonyl (C=O) groups excluding carboxylic acids is 2. The summed E-state index contributed by atoms with van der Waals surface area (Å²) in [6, 6.07) is 16.1. The van der Waals surface area contributed by atoms with E-state index in [1.807, 2.05) is 43.3 Å². The zero-order valence-corrected chi connectivity index (χ0v) is 17.6. The Balaban J connectivity index is 1.61. The van der Waals surface area contributed by atoms with Crippen molar-refractivity contribution in [1.82, 2.24) is 5.43 Å². The van der Waals surface area contributed by atoms with Gasteiger partial charge in [-0.05, 0) is 42.6 Å². The first kappa shape index (κ1) is 21.6. The van der Waals surface area contributed by atoms with Crippen molar-refractivity contribution in [2.24, 2.45) is 5.10 Å². The summed E-state index contributed by atoms with van der Waals surface area (Å²) >= 11 is 11.7. The van der Waals surface area contributed by atoms with E-state index in [2.05, 4.69) is 15.8 Å². The van der Waals surface area contributed by atoms with Gasteiger partial charge in [0.25, 0.3) is 0 Å². The van der Waals surface area contributed by atoms with E-state index >= 15 is 0 Å². The number of anilines is 1. The van der Waals surface area contributed by atoms with Crippen LogP contribution in [-0.4, -0.2) is 24.6 Å². The molecule has 0 aliphatic heterocycles. The van der Waals surface area contributed by atoms with Gasteiger partial charge < -0.3 is 10.1 Å². The van der Waals surface area contributed by atoms with Crippen molar-refractivity contribution in [3.05, 3.63) is 70.2 Å². The number of nitrogens with zero attached hydrogens (tertiary/aromatic N) is 1. The summed E-state index contributed by atoms with van der Waals surface area (Å²) in [6.07, 6.45) is 1.15. The SMILES string of the molecule is CCOc1ccc(C=NNC(=O)CC(=O)Nc2ccc(Cl)c(Cl)c2)c2ccccc12. The average Bonchev–Trinajstić information content (AvgIpc) is 2.72. The molecule has 3 aromatic rings. The molecule has 8 heteroatoms. The summed E-state index contributed by atoms with van der Waals surface area (Å²) in [7, 11) is 0. The van der Waals surface area contributed by atoms with Crippen LogP contribution in [0.3, 0.4) is 0 Å². The molecule has 0 saturated heterocycles. The standard InChI is InChI=1S/C22H19Cl2N3O3/c1-2-30-20-10-7-14(16-5-3-4-6-17(16)20)13-25-27-22(29)12-21(28)26-15-8-9-18(23)19(24)11-15/h3-11,13H,2,12H2,1H3,(H,26,28)(H,27,29). The van der Waals surface area contributed by atoms with Gasteiger partial charge in [-0.1, -0.05) is 47.5 Å². The Morgan fingerprint density at radius 1 is 1.00 bits per heavy atom. The van der Waals surface area contributed by atoms with Crippen LogP contribution in [0.1, 0.15) is 18.9 Å². The normalized spacial score (nSPS) is 10.9. The van der Waals surface area contributed by atoms with Crippen molar-refractivity contribution in [3.8, 4) is 5.75 Å². The van der Waals surface area contributed by atoms with Gasteiger partial charge in [0, 0.05) is 16.6 Å². The molecule has 30 heavy (non-hydrogen) atoms. The summed E-state index contributed by atoms with van der Waals surface area (Å²) < 4.78 is 5.65. The number of nitrogens with one attached hydrogen (secondary N) is 2. The van der Waals surface area contributed by atoms with Gasteiger partial charge in [0.2, 0.25) is 11.8 Å². The van der Waals surface area contributed by atoms with Gasteiger partial charge in [0.05, 0.1) is 22.9 Å². The number of halogens is 2. The van der Waals surface area contributed by atoms with Crippen molar-refractivity contribution in [2.75, 3.05) is 11.9 Å². The first-order chi connectivity index (χ1) is 14.5. The van der Waals surface area contributed by atoms with E-state index in [9.17, 15) is 9.59 Å². The monoisotopic (exact) mass is 443 g/mol. The van der Waals surface area contributed by atoms with Crippen molar-refractivity contribution in [2.45, 2.75) is 13.3 Å². The summed E-state index contributed by atoms with van der Waals surface area (Å²) in [5.41, 5.74) is 3.63. The van der Waals surface area contributed by atoms with Gasteiger partial charge in [-0.15, -0.1) is 0 Å². The molecule has 2 amide bonds. The van der Waals surface area contributed by atoms with E-state index in [1.54, 1.807) is 12.1 Å². The first-order valence-electron chi connectivity index (χ1n) is 9.19. The second-order valence-electron chi connectivity index (χ2n) is 6.28. The smallest absolute Gasteiger partial charge is 0.249 e. The van der Waals surface area contributed by atoms with Crippen LogP contribution in [0.15, 0.2) is 59.7 Å². The van der Waals surface area contributed by atoms with Gasteiger partial charge in [-0.3, -0.25) is 9.59 Å². The minimum Gasteiger partial charge on any atom is -0.493 e. The van der Waals surface area contributed by atoms with Crippen molar-refractivity contribution in [1.29, 1.82) is 0 Å². The second kappa shape index (κ2) is 10.1. The predicted octanol–water partition coefficient (Wildman–Crippen LogP) is 5.02. The summed E-state index contributed by atoms with van der Waals surface area (Å²) in [5.74, 6) is -0.250. The lowest BCUT2D eigenvalue weighted by Gasteiger charge is -2.09. The molecule has 3 aromatic carbocycles. The number of rotatable bonds is 7. The third-order valence-electron chi connectivity index (χ3n) is 4.13. The lowest BCUT2D eigenvalue weighted by atomic mass is 10.0. The fourth-order valence-corrected chi connectivity index (χ4v) is 3.13. The van der Waals surface area contributed by atoms with Crippen LogP contribution >= 0.6 is 23.2 Å². The minimum absolute atomic E-state index is 0.311. The molecule has 0 heterocycles. The van der Waals surface area contributed by atoms with Crippen LogP contribution in [0.2, 0.25) is 10.0 Å². The molecule has 0 fully saturated rings. The highest BCUT2D eigenvalue weighted by Gasteiger charge is 2.10. The Bertz CT molecular complexity index is 1120. The van der Waals surface area contributed by atoms with Crippen molar-refractivity contribution in [3.63, 3.8) is 0 Å². The fraction of sp³-hybridized carbons (Fsp3) is 0.136.